The van der Waals surface area contributed by atoms with Gasteiger partial charge >= 0.3 is 5.97 Å². The van der Waals surface area contributed by atoms with Crippen LogP contribution < -0.4 is 0 Å². The summed E-state index contributed by atoms with van der Waals surface area (Å²) in [6.45, 7) is 3.94. The molecule has 0 atom stereocenters. The number of esters is 1. The number of allylic oxidation sites excluding steroid dienone is 1. The van der Waals surface area contributed by atoms with E-state index in [1.54, 1.807) is 25.1 Å². The second-order valence-corrected chi connectivity index (χ2v) is 3.27. The van der Waals surface area contributed by atoms with Crippen molar-refractivity contribution in [2.75, 3.05) is 6.61 Å². The van der Waals surface area contributed by atoms with Crippen molar-refractivity contribution in [3.05, 3.63) is 41.5 Å². The molecule has 0 unspecified atom stereocenters. The number of rotatable bonds is 3. The Morgan fingerprint density at radius 1 is 1.56 bits per heavy atom. The molecular weight excluding hydrogens is 202 g/mol. The highest BCUT2D eigenvalue weighted by Crippen LogP contribution is 2.15. The summed E-state index contributed by atoms with van der Waals surface area (Å²) >= 11 is 0. The SMILES string of the molecule is CCOC(=O)/C=C(\C)c1cccc(C#N)c1. The van der Waals surface area contributed by atoms with Gasteiger partial charge in [0.15, 0.2) is 0 Å². The summed E-state index contributed by atoms with van der Waals surface area (Å²) in [6, 6.07) is 9.16. The largest absolute Gasteiger partial charge is 0.463 e. The Hall–Kier alpha value is -2.08. The van der Waals surface area contributed by atoms with Crippen LogP contribution >= 0.6 is 0 Å². The van der Waals surface area contributed by atoms with Crippen LogP contribution in [0, 0.1) is 11.3 Å². The molecule has 0 aromatic heterocycles. The lowest BCUT2D eigenvalue weighted by Gasteiger charge is -2.02. The number of benzene rings is 1. The van der Waals surface area contributed by atoms with E-state index >= 15 is 0 Å². The Morgan fingerprint density at radius 3 is 2.94 bits per heavy atom. The van der Waals surface area contributed by atoms with E-state index in [0.717, 1.165) is 11.1 Å². The highest BCUT2D eigenvalue weighted by molar-refractivity contribution is 5.90. The molecule has 82 valence electrons. The van der Waals surface area contributed by atoms with E-state index in [9.17, 15) is 4.79 Å². The summed E-state index contributed by atoms with van der Waals surface area (Å²) in [6.07, 6.45) is 1.43. The molecule has 0 radical (unpaired) electrons. The molecule has 0 N–H and O–H groups in total. The summed E-state index contributed by atoms with van der Waals surface area (Å²) < 4.78 is 4.81. The predicted octanol–water partition coefficient (Wildman–Crippen LogP) is 2.52. The van der Waals surface area contributed by atoms with Crippen molar-refractivity contribution < 1.29 is 9.53 Å². The van der Waals surface area contributed by atoms with Crippen molar-refractivity contribution in [3.63, 3.8) is 0 Å². The molecule has 0 saturated carbocycles. The van der Waals surface area contributed by atoms with E-state index in [1.165, 1.54) is 6.08 Å². The standard InChI is InChI=1S/C13H13NO2/c1-3-16-13(15)7-10(2)12-6-4-5-11(8-12)9-14/h4-8H,3H2,1-2H3/b10-7+. The van der Waals surface area contributed by atoms with Crippen LogP contribution in [0.2, 0.25) is 0 Å². The van der Waals surface area contributed by atoms with Gasteiger partial charge in [0.2, 0.25) is 0 Å². The van der Waals surface area contributed by atoms with Gasteiger partial charge in [0, 0.05) is 6.08 Å². The average molecular weight is 215 g/mol. The number of hydrogen-bond acceptors (Lipinski definition) is 3. The first-order valence-corrected chi connectivity index (χ1v) is 5.03. The maximum atomic E-state index is 11.2. The average Bonchev–Trinajstić information content (AvgIpc) is 2.29. The van der Waals surface area contributed by atoms with Crippen LogP contribution in [0.3, 0.4) is 0 Å². The van der Waals surface area contributed by atoms with E-state index in [2.05, 4.69) is 6.07 Å². The molecule has 0 heterocycles. The topological polar surface area (TPSA) is 50.1 Å². The zero-order valence-corrected chi connectivity index (χ0v) is 9.36. The molecule has 1 aromatic carbocycles. The van der Waals surface area contributed by atoms with Crippen LogP contribution in [-0.2, 0) is 9.53 Å². The van der Waals surface area contributed by atoms with Gasteiger partial charge in [-0.25, -0.2) is 4.79 Å². The van der Waals surface area contributed by atoms with Crippen LogP contribution in [0.4, 0.5) is 0 Å². The fourth-order valence-corrected chi connectivity index (χ4v) is 1.28. The van der Waals surface area contributed by atoms with Crippen molar-refractivity contribution in [3.8, 4) is 6.07 Å². The number of nitriles is 1. The summed E-state index contributed by atoms with van der Waals surface area (Å²) in [4.78, 5) is 11.2. The second kappa shape index (κ2) is 5.72. The first-order valence-electron chi connectivity index (χ1n) is 5.03. The zero-order valence-electron chi connectivity index (χ0n) is 9.36. The third-order valence-electron chi connectivity index (χ3n) is 2.07. The molecule has 0 bridgehead atoms. The van der Waals surface area contributed by atoms with Crippen LogP contribution in [-0.4, -0.2) is 12.6 Å². The number of nitrogens with zero attached hydrogens (tertiary/aromatic N) is 1. The summed E-state index contributed by atoms with van der Waals surface area (Å²) in [5.41, 5.74) is 2.22. The minimum atomic E-state index is -0.359. The highest BCUT2D eigenvalue weighted by Gasteiger charge is 2.01. The molecule has 3 heteroatoms. The van der Waals surface area contributed by atoms with E-state index in [0.29, 0.717) is 12.2 Å². The number of carbonyl (C=O) groups excluding carboxylic acids is 1. The Morgan fingerprint density at radius 2 is 2.31 bits per heavy atom. The van der Waals surface area contributed by atoms with Crippen LogP contribution in [0.15, 0.2) is 30.3 Å². The Balaban J connectivity index is 2.92. The molecule has 0 saturated heterocycles. The van der Waals surface area contributed by atoms with Gasteiger partial charge < -0.3 is 4.74 Å². The van der Waals surface area contributed by atoms with Gasteiger partial charge in [-0.3, -0.25) is 0 Å². The van der Waals surface area contributed by atoms with E-state index in [1.807, 2.05) is 13.0 Å². The molecule has 1 rings (SSSR count). The third-order valence-corrected chi connectivity index (χ3v) is 2.07. The monoisotopic (exact) mass is 215 g/mol. The maximum Gasteiger partial charge on any atom is 0.331 e. The van der Waals surface area contributed by atoms with Gasteiger partial charge in [0.1, 0.15) is 0 Å². The number of ether oxygens (including phenoxy) is 1. The summed E-state index contributed by atoms with van der Waals surface area (Å²) in [5, 5.41) is 8.75. The van der Waals surface area contributed by atoms with Crippen molar-refractivity contribution in [1.29, 1.82) is 5.26 Å². The van der Waals surface area contributed by atoms with E-state index < -0.39 is 0 Å². The molecule has 0 spiro atoms. The molecule has 0 aliphatic carbocycles. The van der Waals surface area contributed by atoms with E-state index in [-0.39, 0.29) is 5.97 Å². The third kappa shape index (κ3) is 3.25. The Kier molecular flexibility index (Phi) is 4.28. The molecule has 0 aliphatic heterocycles. The fourth-order valence-electron chi connectivity index (χ4n) is 1.28. The minimum absolute atomic E-state index is 0.359. The van der Waals surface area contributed by atoms with E-state index in [4.69, 9.17) is 10.00 Å². The smallest absolute Gasteiger partial charge is 0.331 e. The van der Waals surface area contributed by atoms with Gasteiger partial charge in [-0.05, 0) is 37.1 Å². The quantitative estimate of drug-likeness (QED) is 0.575. The lowest BCUT2D eigenvalue weighted by Crippen LogP contribution is -2.00. The van der Waals surface area contributed by atoms with Crippen molar-refractivity contribution >= 4 is 11.5 Å². The summed E-state index contributed by atoms with van der Waals surface area (Å²) in [7, 11) is 0. The first kappa shape index (κ1) is 12.0. The van der Waals surface area contributed by atoms with Gasteiger partial charge in [-0.2, -0.15) is 5.26 Å². The molecule has 16 heavy (non-hydrogen) atoms. The molecule has 0 amide bonds. The molecule has 1 aromatic rings. The van der Waals surface area contributed by atoms with Gasteiger partial charge in [0.25, 0.3) is 0 Å². The van der Waals surface area contributed by atoms with Gasteiger partial charge in [-0.15, -0.1) is 0 Å². The molecular formula is C13H13NO2. The van der Waals surface area contributed by atoms with Crippen molar-refractivity contribution in [2.24, 2.45) is 0 Å². The fraction of sp³-hybridized carbons (Fsp3) is 0.231. The summed E-state index contributed by atoms with van der Waals surface area (Å²) in [5.74, 6) is -0.359. The van der Waals surface area contributed by atoms with Crippen molar-refractivity contribution in [2.45, 2.75) is 13.8 Å². The van der Waals surface area contributed by atoms with Crippen LogP contribution in [0.25, 0.3) is 5.57 Å². The lowest BCUT2D eigenvalue weighted by molar-refractivity contribution is -0.137. The van der Waals surface area contributed by atoms with Gasteiger partial charge in [-0.1, -0.05) is 12.1 Å². The minimum Gasteiger partial charge on any atom is -0.463 e. The first-order chi connectivity index (χ1) is 7.67. The predicted molar refractivity (Wildman–Crippen MR) is 61.4 cm³/mol. The normalized spacial score (nSPS) is 10.7. The molecule has 0 fully saturated rings. The van der Waals surface area contributed by atoms with Crippen LogP contribution in [0.1, 0.15) is 25.0 Å². The Bertz CT molecular complexity index is 455. The Labute approximate surface area is 95.0 Å². The van der Waals surface area contributed by atoms with Crippen molar-refractivity contribution in [1.82, 2.24) is 0 Å². The number of hydrogen-bond donors (Lipinski definition) is 0. The molecule has 3 nitrogen and oxygen atoms in total. The lowest BCUT2D eigenvalue weighted by atomic mass is 10.0. The molecule has 0 aliphatic rings. The maximum absolute atomic E-state index is 11.2. The highest BCUT2D eigenvalue weighted by atomic mass is 16.5. The van der Waals surface area contributed by atoms with Gasteiger partial charge in [0.05, 0.1) is 18.2 Å². The second-order valence-electron chi connectivity index (χ2n) is 3.27. The zero-order chi connectivity index (χ0) is 12.0. The number of carbonyl (C=O) groups is 1. The van der Waals surface area contributed by atoms with Crippen LogP contribution in [0.5, 0.6) is 0 Å².